The molecular weight excluding hydrogens is 622 g/mol. The van der Waals surface area contributed by atoms with Crippen LogP contribution in [-0.2, 0) is 57.1 Å². The highest BCUT2D eigenvalue weighted by atomic mass is 16.7. The van der Waals surface area contributed by atoms with E-state index in [1.165, 1.54) is 0 Å². The summed E-state index contributed by atoms with van der Waals surface area (Å²) in [7, 11) is 0. The van der Waals surface area contributed by atoms with Gasteiger partial charge in [-0.3, -0.25) is 19.2 Å². The standard InChI is InChI=1S/C32H35NO14/c1-16(34)41-15-26-27(43-17(2)35)28(44-18(3)36)29(45-19(4)37)31(47-26)46-25(30(38)39)13-33-32(40)42-14-24-22-11-7-5-9-20(22)21-10-6-8-12-23(21)24/h5-12,24-29,31H,13-15H2,1-4H3,(H,33,40)(H,38,39)/t25-,26+,27-,28-,29+,31+/m0/s1. The molecule has 15 nitrogen and oxygen atoms in total. The Morgan fingerprint density at radius 3 is 1.79 bits per heavy atom. The predicted molar refractivity (Wildman–Crippen MR) is 158 cm³/mol. The van der Waals surface area contributed by atoms with Gasteiger partial charge < -0.3 is 43.6 Å². The van der Waals surface area contributed by atoms with E-state index in [9.17, 15) is 33.9 Å². The molecular formula is C32H35NO14. The van der Waals surface area contributed by atoms with E-state index >= 15 is 0 Å². The molecule has 15 heteroatoms. The maximum absolute atomic E-state index is 12.7. The van der Waals surface area contributed by atoms with Crippen LogP contribution in [0.15, 0.2) is 48.5 Å². The van der Waals surface area contributed by atoms with Crippen molar-refractivity contribution in [2.45, 2.75) is 70.4 Å². The molecule has 0 aromatic heterocycles. The van der Waals surface area contributed by atoms with Gasteiger partial charge in [0.15, 0.2) is 30.7 Å². The largest absolute Gasteiger partial charge is 0.479 e. The van der Waals surface area contributed by atoms with Crippen molar-refractivity contribution < 1.29 is 67.0 Å². The van der Waals surface area contributed by atoms with Crippen LogP contribution in [0.3, 0.4) is 0 Å². The predicted octanol–water partition coefficient (Wildman–Crippen LogP) is 2.08. The van der Waals surface area contributed by atoms with E-state index in [0.29, 0.717) is 0 Å². The van der Waals surface area contributed by atoms with Gasteiger partial charge in [-0.15, -0.1) is 0 Å². The molecule has 1 amide bonds. The maximum atomic E-state index is 12.7. The topological polar surface area (TPSA) is 199 Å². The molecule has 0 radical (unpaired) electrons. The molecule has 2 N–H and O–H groups in total. The first-order valence-corrected chi connectivity index (χ1v) is 14.6. The van der Waals surface area contributed by atoms with Gasteiger partial charge in [0.2, 0.25) is 0 Å². The Morgan fingerprint density at radius 1 is 0.723 bits per heavy atom. The first kappa shape index (κ1) is 34.8. The fourth-order valence-electron chi connectivity index (χ4n) is 5.48. The lowest BCUT2D eigenvalue weighted by molar-refractivity contribution is -0.315. The number of carbonyl (C=O) groups excluding carboxylic acids is 5. The van der Waals surface area contributed by atoms with Crippen LogP contribution in [0.25, 0.3) is 11.1 Å². The van der Waals surface area contributed by atoms with Crippen LogP contribution < -0.4 is 5.32 Å². The summed E-state index contributed by atoms with van der Waals surface area (Å²) in [4.78, 5) is 72.5. The van der Waals surface area contributed by atoms with Gasteiger partial charge in [-0.2, -0.15) is 0 Å². The second-order valence-electron chi connectivity index (χ2n) is 10.7. The van der Waals surface area contributed by atoms with Crippen LogP contribution in [0.4, 0.5) is 4.79 Å². The summed E-state index contributed by atoms with van der Waals surface area (Å²) in [6.45, 7) is 3.05. The van der Waals surface area contributed by atoms with Crippen LogP contribution in [0.1, 0.15) is 44.7 Å². The van der Waals surface area contributed by atoms with Gasteiger partial charge in [-0.1, -0.05) is 48.5 Å². The normalized spacial score (nSPS) is 22.1. The number of fused-ring (bicyclic) bond motifs is 3. The number of amides is 1. The third-order valence-corrected chi connectivity index (χ3v) is 7.30. The molecule has 4 rings (SSSR count). The molecule has 2 aromatic carbocycles. The van der Waals surface area contributed by atoms with Gasteiger partial charge in [0, 0.05) is 33.6 Å². The minimum Gasteiger partial charge on any atom is -0.479 e. The monoisotopic (exact) mass is 657 g/mol. The van der Waals surface area contributed by atoms with Crippen molar-refractivity contribution in [2.75, 3.05) is 19.8 Å². The number of nitrogens with one attached hydrogen (secondary N) is 1. The number of esters is 4. The van der Waals surface area contributed by atoms with Gasteiger partial charge in [0.1, 0.15) is 19.3 Å². The zero-order chi connectivity index (χ0) is 34.2. The molecule has 1 saturated heterocycles. The van der Waals surface area contributed by atoms with Crippen molar-refractivity contribution in [2.24, 2.45) is 0 Å². The van der Waals surface area contributed by atoms with Crippen molar-refractivity contribution in [3.05, 3.63) is 59.7 Å². The molecule has 2 aliphatic rings. The van der Waals surface area contributed by atoms with Gasteiger partial charge in [-0.05, 0) is 22.3 Å². The van der Waals surface area contributed by atoms with E-state index in [1.807, 2.05) is 48.5 Å². The van der Waals surface area contributed by atoms with Crippen LogP contribution >= 0.6 is 0 Å². The van der Waals surface area contributed by atoms with Crippen LogP contribution in [0.2, 0.25) is 0 Å². The Morgan fingerprint density at radius 2 is 1.26 bits per heavy atom. The highest BCUT2D eigenvalue weighted by molar-refractivity contribution is 5.79. The quantitative estimate of drug-likeness (QED) is 0.248. The number of carbonyl (C=O) groups is 6. The molecule has 1 aliphatic carbocycles. The number of ether oxygens (including phenoxy) is 7. The first-order valence-electron chi connectivity index (χ1n) is 14.6. The van der Waals surface area contributed by atoms with Crippen molar-refractivity contribution >= 4 is 35.9 Å². The van der Waals surface area contributed by atoms with E-state index in [2.05, 4.69) is 5.32 Å². The fraction of sp³-hybridized carbons (Fsp3) is 0.438. The minimum atomic E-state index is -1.81. The molecule has 0 unspecified atom stereocenters. The van der Waals surface area contributed by atoms with Crippen LogP contribution in [-0.4, -0.2) is 97.6 Å². The lowest BCUT2D eigenvalue weighted by atomic mass is 9.98. The summed E-state index contributed by atoms with van der Waals surface area (Å²) in [5, 5.41) is 12.3. The molecule has 0 spiro atoms. The average molecular weight is 658 g/mol. The number of aliphatic carboxylic acids is 1. The minimum absolute atomic E-state index is 0.0296. The zero-order valence-electron chi connectivity index (χ0n) is 26.0. The summed E-state index contributed by atoms with van der Waals surface area (Å²) in [5.74, 6) is -5.11. The summed E-state index contributed by atoms with van der Waals surface area (Å²) in [5.41, 5.74) is 4.02. The van der Waals surface area contributed by atoms with Crippen molar-refractivity contribution in [3.63, 3.8) is 0 Å². The van der Waals surface area contributed by atoms with Crippen LogP contribution in [0.5, 0.6) is 0 Å². The second-order valence-corrected chi connectivity index (χ2v) is 10.7. The zero-order valence-corrected chi connectivity index (χ0v) is 26.0. The Bertz CT molecular complexity index is 1460. The number of carboxylic acids is 1. The highest BCUT2D eigenvalue weighted by Gasteiger charge is 2.53. The Balaban J connectivity index is 1.48. The average Bonchev–Trinajstić information content (AvgIpc) is 3.32. The van der Waals surface area contributed by atoms with E-state index in [0.717, 1.165) is 49.9 Å². The Labute approximate surface area is 269 Å². The lowest BCUT2D eigenvalue weighted by Gasteiger charge is -2.44. The lowest BCUT2D eigenvalue weighted by Crippen LogP contribution is -2.63. The van der Waals surface area contributed by atoms with E-state index in [1.54, 1.807) is 0 Å². The van der Waals surface area contributed by atoms with Crippen molar-refractivity contribution in [1.29, 1.82) is 0 Å². The molecule has 0 bridgehead atoms. The number of rotatable bonds is 12. The van der Waals surface area contributed by atoms with Gasteiger partial charge >= 0.3 is 35.9 Å². The Hall–Kier alpha value is -5.02. The van der Waals surface area contributed by atoms with Gasteiger partial charge in [0.05, 0.1) is 6.54 Å². The number of carboxylic acid groups (broad SMARTS) is 1. The van der Waals surface area contributed by atoms with Crippen molar-refractivity contribution in [3.8, 4) is 11.1 Å². The highest BCUT2D eigenvalue weighted by Crippen LogP contribution is 2.44. The maximum Gasteiger partial charge on any atom is 0.407 e. The summed E-state index contributed by atoms with van der Waals surface area (Å²) in [6, 6.07) is 15.5. The fourth-order valence-corrected chi connectivity index (χ4v) is 5.48. The molecule has 2 aromatic rings. The molecule has 0 saturated carbocycles. The third-order valence-electron chi connectivity index (χ3n) is 7.30. The second kappa shape index (κ2) is 15.5. The van der Waals surface area contributed by atoms with Crippen molar-refractivity contribution in [1.82, 2.24) is 5.32 Å². The van der Waals surface area contributed by atoms with E-state index in [4.69, 9.17) is 33.2 Å². The summed E-state index contributed by atoms with van der Waals surface area (Å²) in [6.07, 6.45) is -10.5. The summed E-state index contributed by atoms with van der Waals surface area (Å²) >= 11 is 0. The van der Waals surface area contributed by atoms with Gasteiger partial charge in [-0.25, -0.2) is 9.59 Å². The SMILES string of the molecule is CC(=O)OC[C@H]1O[C@@H](O[C@@H](CNC(=O)OCC2c3ccccc3-c3ccccc32)C(=O)O)[C@H](OC(C)=O)[C@@H](OC(C)=O)[C@H]1OC(C)=O. The number of hydrogen-bond donors (Lipinski definition) is 2. The van der Waals surface area contributed by atoms with E-state index < -0.39 is 85.9 Å². The first-order chi connectivity index (χ1) is 22.3. The van der Waals surface area contributed by atoms with Crippen LogP contribution in [0, 0.1) is 0 Å². The molecule has 6 atom stereocenters. The summed E-state index contributed by atoms with van der Waals surface area (Å²) < 4.78 is 37.8. The molecule has 47 heavy (non-hydrogen) atoms. The number of benzene rings is 2. The smallest absolute Gasteiger partial charge is 0.407 e. The molecule has 1 aliphatic heterocycles. The molecule has 1 fully saturated rings. The number of hydrogen-bond acceptors (Lipinski definition) is 13. The third kappa shape index (κ3) is 8.83. The number of alkyl carbamates (subject to hydrolysis) is 1. The molecule has 252 valence electrons. The van der Waals surface area contributed by atoms with Gasteiger partial charge in [0.25, 0.3) is 0 Å². The Kier molecular flexibility index (Phi) is 11.5. The van der Waals surface area contributed by atoms with E-state index in [-0.39, 0.29) is 12.5 Å². The molecule has 1 heterocycles.